The van der Waals surface area contributed by atoms with Crippen molar-refractivity contribution in [2.24, 2.45) is 0 Å². The Bertz CT molecular complexity index is 584. The van der Waals surface area contributed by atoms with Gasteiger partial charge in [0.2, 0.25) is 0 Å². The maximum atomic E-state index is 11.7. The summed E-state index contributed by atoms with van der Waals surface area (Å²) in [6, 6.07) is 6.77. The highest BCUT2D eigenvalue weighted by molar-refractivity contribution is 7.80. The fourth-order valence-corrected chi connectivity index (χ4v) is 2.46. The minimum atomic E-state index is -2.16. The lowest BCUT2D eigenvalue weighted by atomic mass is 9.90. The lowest BCUT2D eigenvalue weighted by molar-refractivity contribution is -0.141. The summed E-state index contributed by atoms with van der Waals surface area (Å²) in [5.74, 6) is -0.847. The summed E-state index contributed by atoms with van der Waals surface area (Å²) in [6.45, 7) is 1.96. The van der Waals surface area contributed by atoms with Gasteiger partial charge in [-0.25, -0.2) is 9.00 Å². The van der Waals surface area contributed by atoms with Crippen LogP contribution in [0.15, 0.2) is 35.6 Å². The maximum Gasteiger partial charge on any atom is 0.338 e. The molecular weight excluding hydrogens is 282 g/mol. The van der Waals surface area contributed by atoms with Crippen LogP contribution in [0.3, 0.4) is 0 Å². The van der Waals surface area contributed by atoms with Crippen LogP contribution in [0.2, 0.25) is 0 Å². The molecule has 0 radical (unpaired) electrons. The molecule has 1 aliphatic heterocycles. The summed E-state index contributed by atoms with van der Waals surface area (Å²) in [5.41, 5.74) is 1.43. The van der Waals surface area contributed by atoms with Crippen molar-refractivity contribution in [2.75, 3.05) is 11.3 Å². The molecule has 0 aromatic heterocycles. The van der Waals surface area contributed by atoms with Gasteiger partial charge in [-0.3, -0.25) is 9.27 Å². The van der Waals surface area contributed by atoms with Crippen molar-refractivity contribution in [3.05, 3.63) is 41.2 Å². The van der Waals surface area contributed by atoms with Gasteiger partial charge in [0.05, 0.1) is 12.2 Å². The highest BCUT2D eigenvalue weighted by atomic mass is 32.2. The average molecular weight is 297 g/mol. The molecule has 1 aromatic rings. The van der Waals surface area contributed by atoms with E-state index in [1.807, 2.05) is 0 Å². The Balaban J connectivity index is 2.31. The molecule has 0 fully saturated rings. The number of aliphatic hydroxyl groups is 1. The molecule has 6 nitrogen and oxygen atoms in total. The summed E-state index contributed by atoms with van der Waals surface area (Å²) in [7, 11) is 0. The average Bonchev–Trinajstić information content (AvgIpc) is 2.38. The number of ether oxygens (including phenoxy) is 1. The zero-order chi connectivity index (χ0) is 14.7. The van der Waals surface area contributed by atoms with Crippen LogP contribution in [0.4, 0.5) is 5.69 Å². The standard InChI is InChI=1S/C13H15NO5S/c1-8(12-11(15)5-6-19-13(12)16)9-3-2-4-10(7-9)14-20(17)18/h2-4,7-8,14-15H,5-6H2,1H3,(H,17,18). The largest absolute Gasteiger partial charge is 0.512 e. The molecule has 1 heterocycles. The second-order valence-corrected chi connectivity index (χ2v) is 5.15. The van der Waals surface area contributed by atoms with Gasteiger partial charge in [0.25, 0.3) is 11.3 Å². The van der Waals surface area contributed by atoms with Gasteiger partial charge in [-0.2, -0.15) is 0 Å². The number of aliphatic hydroxyl groups excluding tert-OH is 1. The Hall–Kier alpha value is -1.86. The highest BCUT2D eigenvalue weighted by Gasteiger charge is 2.27. The van der Waals surface area contributed by atoms with Gasteiger partial charge in [-0.15, -0.1) is 0 Å². The fourth-order valence-electron chi connectivity index (χ4n) is 2.14. The highest BCUT2D eigenvalue weighted by Crippen LogP contribution is 2.31. The Morgan fingerprint density at radius 1 is 1.45 bits per heavy atom. The molecule has 108 valence electrons. The van der Waals surface area contributed by atoms with E-state index < -0.39 is 17.2 Å². The molecule has 0 saturated heterocycles. The fraction of sp³-hybridized carbons (Fsp3) is 0.308. The monoisotopic (exact) mass is 297 g/mol. The van der Waals surface area contributed by atoms with Gasteiger partial charge >= 0.3 is 5.97 Å². The normalized spacial score (nSPS) is 18.4. The molecule has 0 aliphatic carbocycles. The molecule has 2 atom stereocenters. The van der Waals surface area contributed by atoms with Crippen molar-refractivity contribution in [1.82, 2.24) is 0 Å². The Labute approximate surface area is 118 Å². The van der Waals surface area contributed by atoms with E-state index in [2.05, 4.69) is 4.72 Å². The van der Waals surface area contributed by atoms with Crippen LogP contribution in [0, 0.1) is 0 Å². The van der Waals surface area contributed by atoms with E-state index in [0.717, 1.165) is 5.56 Å². The van der Waals surface area contributed by atoms with Crippen molar-refractivity contribution in [2.45, 2.75) is 19.3 Å². The van der Waals surface area contributed by atoms with E-state index in [4.69, 9.17) is 9.29 Å². The third-order valence-electron chi connectivity index (χ3n) is 3.13. The molecule has 0 bridgehead atoms. The van der Waals surface area contributed by atoms with Gasteiger partial charge < -0.3 is 9.84 Å². The molecule has 0 amide bonds. The summed E-state index contributed by atoms with van der Waals surface area (Å²) in [5, 5.41) is 9.86. The first-order valence-electron chi connectivity index (χ1n) is 6.05. The van der Waals surface area contributed by atoms with E-state index >= 15 is 0 Å². The number of anilines is 1. The third-order valence-corrected chi connectivity index (χ3v) is 3.54. The SMILES string of the molecule is CC(C1=C(O)CCOC1=O)c1cccc(NS(=O)O)c1. The van der Waals surface area contributed by atoms with E-state index in [9.17, 15) is 14.1 Å². The first kappa shape index (κ1) is 14.5. The lowest BCUT2D eigenvalue weighted by Crippen LogP contribution is -2.21. The number of hydrogen-bond acceptors (Lipinski definition) is 4. The van der Waals surface area contributed by atoms with E-state index in [-0.39, 0.29) is 23.9 Å². The molecule has 7 heteroatoms. The van der Waals surface area contributed by atoms with Crippen molar-refractivity contribution >= 4 is 22.9 Å². The van der Waals surface area contributed by atoms with E-state index in [0.29, 0.717) is 12.1 Å². The Kier molecular flexibility index (Phi) is 4.41. The van der Waals surface area contributed by atoms with Gasteiger partial charge in [0.15, 0.2) is 0 Å². The van der Waals surface area contributed by atoms with Crippen LogP contribution < -0.4 is 4.72 Å². The molecule has 2 unspecified atom stereocenters. The quantitative estimate of drug-likeness (QED) is 0.584. The lowest BCUT2D eigenvalue weighted by Gasteiger charge is -2.21. The number of benzene rings is 1. The van der Waals surface area contributed by atoms with Gasteiger partial charge in [-0.05, 0) is 17.7 Å². The number of cyclic esters (lactones) is 1. The van der Waals surface area contributed by atoms with E-state index in [1.165, 1.54) is 0 Å². The van der Waals surface area contributed by atoms with Crippen LogP contribution in [-0.2, 0) is 20.8 Å². The topological polar surface area (TPSA) is 95.9 Å². The zero-order valence-electron chi connectivity index (χ0n) is 10.8. The Morgan fingerprint density at radius 3 is 2.85 bits per heavy atom. The number of carbonyl (C=O) groups is 1. The summed E-state index contributed by atoms with van der Waals surface area (Å²) in [6.07, 6.45) is 0.310. The number of esters is 1. The molecule has 0 saturated carbocycles. The maximum absolute atomic E-state index is 11.7. The summed E-state index contributed by atoms with van der Waals surface area (Å²) in [4.78, 5) is 11.7. The molecule has 0 spiro atoms. The van der Waals surface area contributed by atoms with Crippen LogP contribution in [0.1, 0.15) is 24.8 Å². The van der Waals surface area contributed by atoms with Crippen molar-refractivity contribution in [3.8, 4) is 0 Å². The van der Waals surface area contributed by atoms with Gasteiger partial charge in [0.1, 0.15) is 5.76 Å². The third kappa shape index (κ3) is 3.17. The van der Waals surface area contributed by atoms with Crippen molar-refractivity contribution < 1.29 is 23.4 Å². The van der Waals surface area contributed by atoms with Crippen molar-refractivity contribution in [3.63, 3.8) is 0 Å². The number of nitrogens with one attached hydrogen (secondary N) is 1. The molecule has 2 rings (SSSR count). The summed E-state index contributed by atoms with van der Waals surface area (Å²) >= 11 is -2.16. The minimum Gasteiger partial charge on any atom is -0.512 e. The molecule has 1 aliphatic rings. The van der Waals surface area contributed by atoms with Crippen LogP contribution in [0.25, 0.3) is 0 Å². The first-order chi connectivity index (χ1) is 9.49. The molecule has 3 N–H and O–H groups in total. The number of hydrogen-bond donors (Lipinski definition) is 3. The predicted octanol–water partition coefficient (Wildman–Crippen LogP) is 2.10. The predicted molar refractivity (Wildman–Crippen MR) is 74.5 cm³/mol. The Morgan fingerprint density at radius 2 is 2.20 bits per heavy atom. The van der Waals surface area contributed by atoms with Crippen LogP contribution >= 0.6 is 0 Å². The minimum absolute atomic E-state index is 0.0397. The van der Waals surface area contributed by atoms with Crippen LogP contribution in [0.5, 0.6) is 0 Å². The smallest absolute Gasteiger partial charge is 0.338 e. The second kappa shape index (κ2) is 6.06. The number of rotatable bonds is 4. The van der Waals surface area contributed by atoms with E-state index in [1.54, 1.807) is 31.2 Å². The van der Waals surface area contributed by atoms with Crippen molar-refractivity contribution in [1.29, 1.82) is 0 Å². The molecular formula is C13H15NO5S. The summed E-state index contributed by atoms with van der Waals surface area (Å²) < 4.78 is 26.8. The van der Waals surface area contributed by atoms with Gasteiger partial charge in [-0.1, -0.05) is 19.1 Å². The van der Waals surface area contributed by atoms with Crippen LogP contribution in [-0.4, -0.2) is 26.4 Å². The molecule has 1 aromatic carbocycles. The zero-order valence-corrected chi connectivity index (χ0v) is 11.6. The number of carbonyl (C=O) groups excluding carboxylic acids is 1. The van der Waals surface area contributed by atoms with Gasteiger partial charge in [0, 0.05) is 18.0 Å². The first-order valence-corrected chi connectivity index (χ1v) is 7.16. The molecule has 20 heavy (non-hydrogen) atoms. The second-order valence-electron chi connectivity index (χ2n) is 4.44.